The summed E-state index contributed by atoms with van der Waals surface area (Å²) in [5.74, 6) is 0.317. The highest BCUT2D eigenvalue weighted by molar-refractivity contribution is 5.79. The van der Waals surface area contributed by atoms with Gasteiger partial charge in [-0.25, -0.2) is 9.78 Å². The Morgan fingerprint density at radius 1 is 0.952 bits per heavy atom. The Hall–Kier alpha value is -2.68. The Labute approximate surface area is 122 Å². The maximum atomic E-state index is 12.0. The van der Waals surface area contributed by atoms with Gasteiger partial charge in [0.15, 0.2) is 0 Å². The molecule has 0 saturated heterocycles. The first kappa shape index (κ1) is 13.3. The fraction of sp³-hybridized carbons (Fsp3) is 0.111. The summed E-state index contributed by atoms with van der Waals surface area (Å²) in [6.07, 6.45) is 3.59. The normalized spacial score (nSPS) is 11.3. The molecule has 3 heteroatoms. The van der Waals surface area contributed by atoms with Crippen LogP contribution in [0.2, 0.25) is 0 Å². The zero-order chi connectivity index (χ0) is 14.8. The fourth-order valence-corrected chi connectivity index (χ4v) is 2.12. The lowest BCUT2D eigenvalue weighted by atomic mass is 10.1. The van der Waals surface area contributed by atoms with Crippen molar-refractivity contribution in [3.63, 3.8) is 0 Å². The van der Waals surface area contributed by atoms with Gasteiger partial charge in [-0.2, -0.15) is 0 Å². The molecule has 0 N–H and O–H groups in total. The number of aromatic nitrogens is 1. The molecule has 0 radical (unpaired) electrons. The Morgan fingerprint density at radius 3 is 2.43 bits per heavy atom. The third kappa shape index (κ3) is 2.92. The van der Waals surface area contributed by atoms with Crippen molar-refractivity contribution in [2.45, 2.75) is 13.8 Å². The van der Waals surface area contributed by atoms with Crippen LogP contribution in [-0.4, -0.2) is 4.98 Å². The number of aryl methyl sites for hydroxylation is 2. The van der Waals surface area contributed by atoms with Gasteiger partial charge in [-0.1, -0.05) is 41.5 Å². The van der Waals surface area contributed by atoms with Crippen molar-refractivity contribution in [3.8, 4) is 0 Å². The van der Waals surface area contributed by atoms with Crippen molar-refractivity contribution in [1.82, 2.24) is 4.98 Å². The highest BCUT2D eigenvalue weighted by atomic mass is 16.4. The van der Waals surface area contributed by atoms with Crippen molar-refractivity contribution in [2.24, 2.45) is 0 Å². The molecule has 0 fully saturated rings. The minimum absolute atomic E-state index is 0.317. The van der Waals surface area contributed by atoms with Gasteiger partial charge in [-0.05, 0) is 37.6 Å². The molecule has 3 nitrogen and oxygen atoms in total. The highest BCUT2D eigenvalue weighted by Crippen LogP contribution is 2.12. The molecule has 0 saturated carbocycles. The summed E-state index contributed by atoms with van der Waals surface area (Å²) >= 11 is 0. The fourth-order valence-electron chi connectivity index (χ4n) is 2.12. The van der Waals surface area contributed by atoms with Gasteiger partial charge in [0.2, 0.25) is 5.89 Å². The predicted octanol–water partition coefficient (Wildman–Crippen LogP) is 3.98. The molecular weight excluding hydrogens is 262 g/mol. The number of hydrogen-bond acceptors (Lipinski definition) is 3. The molecule has 104 valence electrons. The summed E-state index contributed by atoms with van der Waals surface area (Å²) < 4.78 is 5.24. The van der Waals surface area contributed by atoms with Crippen LogP contribution in [0.15, 0.2) is 51.7 Å². The van der Waals surface area contributed by atoms with Crippen molar-refractivity contribution < 1.29 is 4.42 Å². The molecular formula is C18H15NO2. The highest BCUT2D eigenvalue weighted by Gasteiger charge is 2.04. The van der Waals surface area contributed by atoms with Gasteiger partial charge in [-0.3, -0.25) is 0 Å². The minimum atomic E-state index is -0.354. The molecule has 3 aromatic rings. The van der Waals surface area contributed by atoms with Crippen LogP contribution in [0.4, 0.5) is 0 Å². The lowest BCUT2D eigenvalue weighted by Crippen LogP contribution is -2.03. The quantitative estimate of drug-likeness (QED) is 0.711. The average Bonchev–Trinajstić information content (AvgIpc) is 2.47. The molecule has 21 heavy (non-hydrogen) atoms. The van der Waals surface area contributed by atoms with Gasteiger partial charge in [0.05, 0.1) is 10.9 Å². The lowest BCUT2D eigenvalue weighted by Gasteiger charge is -1.99. The molecule has 0 atom stereocenters. The second kappa shape index (κ2) is 5.37. The van der Waals surface area contributed by atoms with Gasteiger partial charge in [0.1, 0.15) is 0 Å². The van der Waals surface area contributed by atoms with E-state index in [1.165, 1.54) is 5.56 Å². The molecule has 0 unspecified atom stereocenters. The molecule has 0 aliphatic heterocycles. The average molecular weight is 277 g/mol. The summed E-state index contributed by atoms with van der Waals surface area (Å²) in [5.41, 5.74) is 3.55. The first-order valence-corrected chi connectivity index (χ1v) is 6.78. The van der Waals surface area contributed by atoms with E-state index < -0.39 is 0 Å². The van der Waals surface area contributed by atoms with Gasteiger partial charge >= 0.3 is 5.63 Å². The number of benzene rings is 2. The Bertz CT molecular complexity index is 874. The number of rotatable bonds is 2. The van der Waals surface area contributed by atoms with Crippen LogP contribution in [0.25, 0.3) is 23.1 Å². The zero-order valence-electron chi connectivity index (χ0n) is 12.0. The van der Waals surface area contributed by atoms with Crippen LogP contribution in [0.1, 0.15) is 22.6 Å². The van der Waals surface area contributed by atoms with Crippen molar-refractivity contribution >= 4 is 23.1 Å². The smallest absolute Gasteiger partial charge is 0.347 e. The zero-order valence-corrected chi connectivity index (χ0v) is 12.0. The van der Waals surface area contributed by atoms with E-state index in [0.29, 0.717) is 16.8 Å². The van der Waals surface area contributed by atoms with Crippen molar-refractivity contribution in [3.05, 3.63) is 75.5 Å². The maximum Gasteiger partial charge on any atom is 0.347 e. The molecule has 0 aliphatic rings. The van der Waals surface area contributed by atoms with E-state index >= 15 is 0 Å². The van der Waals surface area contributed by atoms with Gasteiger partial charge in [0.25, 0.3) is 0 Å². The maximum absolute atomic E-state index is 12.0. The largest absolute Gasteiger partial charge is 0.404 e. The van der Waals surface area contributed by atoms with Crippen LogP contribution in [0.5, 0.6) is 0 Å². The first-order valence-electron chi connectivity index (χ1n) is 6.78. The third-order valence-electron chi connectivity index (χ3n) is 3.30. The summed E-state index contributed by atoms with van der Waals surface area (Å²) in [5, 5.41) is 0.516. The number of hydrogen-bond donors (Lipinski definition) is 0. The Morgan fingerprint density at radius 2 is 1.67 bits per heavy atom. The van der Waals surface area contributed by atoms with Gasteiger partial charge < -0.3 is 4.42 Å². The monoisotopic (exact) mass is 277 g/mol. The molecule has 0 amide bonds. The predicted molar refractivity (Wildman–Crippen MR) is 85.1 cm³/mol. The summed E-state index contributed by atoms with van der Waals surface area (Å²) in [7, 11) is 0. The Kier molecular flexibility index (Phi) is 3.40. The molecule has 0 spiro atoms. The van der Waals surface area contributed by atoms with Crippen molar-refractivity contribution in [2.75, 3.05) is 0 Å². The van der Waals surface area contributed by atoms with E-state index in [4.69, 9.17) is 4.42 Å². The summed E-state index contributed by atoms with van der Waals surface area (Å²) in [6, 6.07) is 13.6. The number of fused-ring (bicyclic) bond motifs is 1. The summed E-state index contributed by atoms with van der Waals surface area (Å²) in [6.45, 7) is 3.98. The molecule has 0 bridgehead atoms. The molecule has 0 aliphatic carbocycles. The second-order valence-electron chi connectivity index (χ2n) is 5.10. The molecule has 2 aromatic carbocycles. The second-order valence-corrected chi connectivity index (χ2v) is 5.10. The summed E-state index contributed by atoms with van der Waals surface area (Å²) in [4.78, 5) is 16.3. The topological polar surface area (TPSA) is 43.1 Å². The lowest BCUT2D eigenvalue weighted by molar-refractivity contribution is 0.490. The van der Waals surface area contributed by atoms with Gasteiger partial charge in [0, 0.05) is 6.08 Å². The van der Waals surface area contributed by atoms with Crippen LogP contribution >= 0.6 is 0 Å². The van der Waals surface area contributed by atoms with E-state index in [1.54, 1.807) is 12.1 Å². The van der Waals surface area contributed by atoms with E-state index in [0.717, 1.165) is 11.1 Å². The third-order valence-corrected chi connectivity index (χ3v) is 3.30. The van der Waals surface area contributed by atoms with E-state index in [-0.39, 0.29) is 5.63 Å². The van der Waals surface area contributed by atoms with Crippen LogP contribution in [-0.2, 0) is 0 Å². The molecule has 3 rings (SSSR count). The van der Waals surface area contributed by atoms with E-state index in [9.17, 15) is 4.79 Å². The van der Waals surface area contributed by atoms with Crippen LogP contribution in [0.3, 0.4) is 0 Å². The first-order chi connectivity index (χ1) is 10.1. The van der Waals surface area contributed by atoms with Crippen LogP contribution < -0.4 is 5.63 Å². The van der Waals surface area contributed by atoms with Gasteiger partial charge in [-0.15, -0.1) is 0 Å². The standard InChI is InChI=1S/C18H15NO2/c1-12-3-6-14(7-4-12)8-10-17-19-16-9-5-13(2)11-15(16)18(20)21-17/h3-11H,1-2H3/b10-8+. The number of nitrogens with zero attached hydrogens (tertiary/aromatic N) is 1. The van der Waals surface area contributed by atoms with Crippen LogP contribution in [0, 0.1) is 13.8 Å². The van der Waals surface area contributed by atoms with E-state index in [1.807, 2.05) is 56.3 Å². The Balaban J connectivity index is 1.99. The molecule has 1 aromatic heterocycles. The SMILES string of the molecule is Cc1ccc(/C=C/c2nc3ccc(C)cc3c(=O)o2)cc1. The van der Waals surface area contributed by atoms with E-state index in [2.05, 4.69) is 4.98 Å². The minimum Gasteiger partial charge on any atom is -0.404 e. The van der Waals surface area contributed by atoms with Crippen molar-refractivity contribution in [1.29, 1.82) is 0 Å². The molecule has 1 heterocycles.